The minimum atomic E-state index is 0.179. The number of likely N-dealkylation sites (N-methyl/N-ethyl adjacent to an activating group) is 1. The number of hydrogen-bond donors (Lipinski definition) is 0. The van der Waals surface area contributed by atoms with Gasteiger partial charge in [-0.1, -0.05) is 6.07 Å². The molecule has 2 fully saturated rings. The van der Waals surface area contributed by atoms with E-state index in [-0.39, 0.29) is 6.03 Å². The van der Waals surface area contributed by atoms with E-state index in [1.165, 1.54) is 0 Å². The lowest BCUT2D eigenvalue weighted by molar-refractivity contribution is 0.115. The monoisotopic (exact) mass is 260 g/mol. The molecule has 1 aromatic rings. The van der Waals surface area contributed by atoms with Crippen LogP contribution in [0.1, 0.15) is 11.4 Å². The van der Waals surface area contributed by atoms with E-state index >= 15 is 0 Å². The number of amides is 2. The average Bonchev–Trinajstić information content (AvgIpc) is 2.65. The van der Waals surface area contributed by atoms with Crippen LogP contribution in [0.15, 0.2) is 18.2 Å². The number of carbonyl (C=O) groups excluding carboxylic acids is 1. The number of urea groups is 1. The molecule has 5 heteroatoms. The number of carbonyl (C=O) groups is 1. The van der Waals surface area contributed by atoms with Crippen LogP contribution in [-0.2, 0) is 6.54 Å². The number of nitrogens with zero attached hydrogens (tertiary/aromatic N) is 4. The van der Waals surface area contributed by atoms with Gasteiger partial charge in [0.05, 0.1) is 11.7 Å². The van der Waals surface area contributed by atoms with E-state index in [0.717, 1.165) is 44.1 Å². The summed E-state index contributed by atoms with van der Waals surface area (Å²) in [6, 6.07) is 6.67. The lowest BCUT2D eigenvalue weighted by Gasteiger charge is -2.36. The van der Waals surface area contributed by atoms with Gasteiger partial charge in [0.2, 0.25) is 0 Å². The molecule has 0 saturated carbocycles. The first-order chi connectivity index (χ1) is 9.13. The summed E-state index contributed by atoms with van der Waals surface area (Å²) >= 11 is 0. The van der Waals surface area contributed by atoms with Crippen LogP contribution in [-0.4, -0.2) is 65.0 Å². The Labute approximate surface area is 113 Å². The summed E-state index contributed by atoms with van der Waals surface area (Å²) in [5.41, 5.74) is 2.18. The molecule has 2 amide bonds. The molecule has 0 bridgehead atoms. The summed E-state index contributed by atoms with van der Waals surface area (Å²) in [5, 5.41) is 0. The topological polar surface area (TPSA) is 39.7 Å². The maximum Gasteiger partial charge on any atom is 0.320 e. The van der Waals surface area contributed by atoms with E-state index in [4.69, 9.17) is 0 Å². The molecular weight excluding hydrogens is 240 g/mol. The molecule has 1 aromatic heterocycles. The minimum Gasteiger partial charge on any atom is -0.326 e. The number of fused-ring (bicyclic) bond motifs is 1. The van der Waals surface area contributed by atoms with Crippen LogP contribution >= 0.6 is 0 Å². The highest BCUT2D eigenvalue weighted by Crippen LogP contribution is 2.20. The van der Waals surface area contributed by atoms with Crippen molar-refractivity contribution in [2.75, 3.05) is 33.2 Å². The second-order valence-corrected chi connectivity index (χ2v) is 5.52. The van der Waals surface area contributed by atoms with Gasteiger partial charge in [0.1, 0.15) is 0 Å². The molecule has 1 atom stereocenters. The minimum absolute atomic E-state index is 0.179. The summed E-state index contributed by atoms with van der Waals surface area (Å²) in [6.07, 6.45) is 0. The number of rotatable bonds is 2. The van der Waals surface area contributed by atoms with Gasteiger partial charge in [0, 0.05) is 45.5 Å². The zero-order valence-electron chi connectivity index (χ0n) is 11.5. The number of piperazine rings is 1. The standard InChI is InChI=1S/C14H20N4O/c1-11-4-3-5-12(15-11)8-17-6-7-18-13(10-17)9-16(2)14(18)19/h3-5,13H,6-10H2,1-2H3/t13-/m0/s1. The van der Waals surface area contributed by atoms with Crippen LogP contribution in [0, 0.1) is 6.92 Å². The van der Waals surface area contributed by atoms with Gasteiger partial charge in [-0.3, -0.25) is 9.88 Å². The quantitative estimate of drug-likeness (QED) is 0.794. The number of hydrogen-bond acceptors (Lipinski definition) is 3. The molecule has 0 aromatic carbocycles. The highest BCUT2D eigenvalue weighted by atomic mass is 16.2. The zero-order chi connectivity index (χ0) is 13.4. The van der Waals surface area contributed by atoms with E-state index in [9.17, 15) is 4.79 Å². The van der Waals surface area contributed by atoms with Crippen LogP contribution in [0.5, 0.6) is 0 Å². The van der Waals surface area contributed by atoms with Crippen LogP contribution < -0.4 is 0 Å². The lowest BCUT2D eigenvalue weighted by atomic mass is 10.2. The van der Waals surface area contributed by atoms with Gasteiger partial charge >= 0.3 is 6.03 Å². The Hall–Kier alpha value is -1.62. The SMILES string of the molecule is Cc1cccc(CN2CCN3C(=O)N(C)C[C@H]3C2)n1. The van der Waals surface area contributed by atoms with Gasteiger partial charge in [-0.25, -0.2) is 4.79 Å². The fraction of sp³-hybridized carbons (Fsp3) is 0.571. The second-order valence-electron chi connectivity index (χ2n) is 5.52. The molecule has 5 nitrogen and oxygen atoms in total. The Morgan fingerprint density at radius 1 is 1.32 bits per heavy atom. The first kappa shape index (κ1) is 12.4. The van der Waals surface area contributed by atoms with Crippen molar-refractivity contribution in [3.05, 3.63) is 29.6 Å². The summed E-state index contributed by atoms with van der Waals surface area (Å²) in [5.74, 6) is 0. The van der Waals surface area contributed by atoms with E-state index in [0.29, 0.717) is 6.04 Å². The van der Waals surface area contributed by atoms with Crippen LogP contribution in [0.25, 0.3) is 0 Å². The van der Waals surface area contributed by atoms with E-state index in [1.54, 1.807) is 0 Å². The molecule has 2 aliphatic heterocycles. The van der Waals surface area contributed by atoms with Crippen molar-refractivity contribution in [2.24, 2.45) is 0 Å². The molecule has 2 saturated heterocycles. The molecular formula is C14H20N4O. The molecule has 3 heterocycles. The third-order valence-corrected chi connectivity index (χ3v) is 3.96. The molecule has 0 radical (unpaired) electrons. The summed E-state index contributed by atoms with van der Waals surface area (Å²) < 4.78 is 0. The van der Waals surface area contributed by atoms with Crippen molar-refractivity contribution in [1.82, 2.24) is 19.7 Å². The normalized spacial score (nSPS) is 23.9. The Balaban J connectivity index is 1.64. The van der Waals surface area contributed by atoms with Crippen LogP contribution in [0.3, 0.4) is 0 Å². The largest absolute Gasteiger partial charge is 0.326 e. The number of aromatic nitrogens is 1. The Morgan fingerprint density at radius 2 is 2.16 bits per heavy atom. The third-order valence-electron chi connectivity index (χ3n) is 3.96. The van der Waals surface area contributed by atoms with Crippen LogP contribution in [0.4, 0.5) is 4.79 Å². The number of aryl methyl sites for hydroxylation is 1. The van der Waals surface area contributed by atoms with Crippen molar-refractivity contribution in [3.63, 3.8) is 0 Å². The van der Waals surface area contributed by atoms with Crippen molar-refractivity contribution in [3.8, 4) is 0 Å². The number of pyridine rings is 1. The van der Waals surface area contributed by atoms with Gasteiger partial charge in [-0.2, -0.15) is 0 Å². The molecule has 3 rings (SSSR count). The predicted molar refractivity (Wildman–Crippen MR) is 72.8 cm³/mol. The molecule has 0 spiro atoms. The average molecular weight is 260 g/mol. The second kappa shape index (κ2) is 4.81. The first-order valence-electron chi connectivity index (χ1n) is 6.80. The van der Waals surface area contributed by atoms with E-state index < -0.39 is 0 Å². The van der Waals surface area contributed by atoms with E-state index in [1.807, 2.05) is 29.8 Å². The highest BCUT2D eigenvalue weighted by Gasteiger charge is 2.38. The van der Waals surface area contributed by atoms with Gasteiger partial charge in [-0.15, -0.1) is 0 Å². The van der Waals surface area contributed by atoms with E-state index in [2.05, 4.69) is 22.0 Å². The molecule has 0 aliphatic carbocycles. The van der Waals surface area contributed by atoms with Gasteiger partial charge in [-0.05, 0) is 19.1 Å². The Bertz CT molecular complexity index is 490. The van der Waals surface area contributed by atoms with Gasteiger partial charge < -0.3 is 9.80 Å². The predicted octanol–water partition coefficient (Wildman–Crippen LogP) is 0.942. The first-order valence-corrected chi connectivity index (χ1v) is 6.80. The molecule has 0 N–H and O–H groups in total. The fourth-order valence-electron chi connectivity index (χ4n) is 3.00. The Morgan fingerprint density at radius 3 is 2.95 bits per heavy atom. The highest BCUT2D eigenvalue weighted by molar-refractivity contribution is 5.77. The maximum absolute atomic E-state index is 11.9. The third kappa shape index (κ3) is 2.42. The van der Waals surface area contributed by atoms with Crippen molar-refractivity contribution < 1.29 is 4.79 Å². The smallest absolute Gasteiger partial charge is 0.320 e. The van der Waals surface area contributed by atoms with Gasteiger partial charge in [0.25, 0.3) is 0 Å². The van der Waals surface area contributed by atoms with Crippen LogP contribution in [0.2, 0.25) is 0 Å². The molecule has 19 heavy (non-hydrogen) atoms. The summed E-state index contributed by atoms with van der Waals surface area (Å²) in [6.45, 7) is 6.46. The lowest BCUT2D eigenvalue weighted by Crippen LogP contribution is -2.51. The summed E-state index contributed by atoms with van der Waals surface area (Å²) in [7, 11) is 1.88. The molecule has 102 valence electrons. The Kier molecular flexibility index (Phi) is 3.14. The van der Waals surface area contributed by atoms with Crippen molar-refractivity contribution in [2.45, 2.75) is 19.5 Å². The van der Waals surface area contributed by atoms with Gasteiger partial charge in [0.15, 0.2) is 0 Å². The van der Waals surface area contributed by atoms with Crippen molar-refractivity contribution >= 4 is 6.03 Å². The maximum atomic E-state index is 11.9. The molecule has 0 unspecified atom stereocenters. The van der Waals surface area contributed by atoms with Crippen molar-refractivity contribution in [1.29, 1.82) is 0 Å². The molecule has 2 aliphatic rings. The summed E-state index contributed by atoms with van der Waals surface area (Å²) in [4.78, 5) is 22.6. The fourth-order valence-corrected chi connectivity index (χ4v) is 3.00. The zero-order valence-corrected chi connectivity index (χ0v) is 11.5.